The van der Waals surface area contributed by atoms with E-state index in [1.54, 1.807) is 0 Å². The second-order valence-corrected chi connectivity index (χ2v) is 8.21. The zero-order chi connectivity index (χ0) is 20.4. The summed E-state index contributed by atoms with van der Waals surface area (Å²) in [7, 11) is -1.42. The van der Waals surface area contributed by atoms with Gasteiger partial charge in [-0.2, -0.15) is 12.7 Å². The molecule has 1 N–H and O–H groups in total. The number of nitrogens with zero attached hydrogens (tertiary/aromatic N) is 1. The summed E-state index contributed by atoms with van der Waals surface area (Å²) in [5.74, 6) is -1.73. The molecule has 1 aliphatic rings. The maximum absolute atomic E-state index is 14.7. The van der Waals surface area contributed by atoms with Crippen LogP contribution in [0.3, 0.4) is 0 Å². The normalized spacial score (nSPS) is 19.8. The summed E-state index contributed by atoms with van der Waals surface area (Å²) in [5, 5.41) is 0.0628. The number of ether oxygens (including phenoxy) is 2. The number of benzene rings is 1. The number of hydroxylamine groups is 1. The molecule has 0 bridgehead atoms. The van der Waals surface area contributed by atoms with E-state index in [1.165, 1.54) is 25.3 Å². The summed E-state index contributed by atoms with van der Waals surface area (Å²) in [4.78, 5) is 15.4. The van der Waals surface area contributed by atoms with Crippen LogP contribution in [0.15, 0.2) is 28.9 Å². The lowest BCUT2D eigenvalue weighted by Crippen LogP contribution is -2.36. The van der Waals surface area contributed by atoms with Crippen LogP contribution in [-0.2, 0) is 23.9 Å². The SMILES string of the molecule is COC(=O)C1=NC(c2ccc(Cl)c(OC)c2F)C=C(NOS(C)(=O)=O)C1Br. The molecule has 0 spiro atoms. The van der Waals surface area contributed by atoms with Crippen molar-refractivity contribution in [2.75, 3.05) is 20.5 Å². The molecule has 0 aromatic heterocycles. The van der Waals surface area contributed by atoms with Gasteiger partial charge in [0.2, 0.25) is 0 Å². The highest BCUT2D eigenvalue weighted by molar-refractivity contribution is 9.10. The van der Waals surface area contributed by atoms with E-state index in [0.717, 1.165) is 13.4 Å². The lowest BCUT2D eigenvalue weighted by Gasteiger charge is -2.24. The van der Waals surface area contributed by atoms with E-state index < -0.39 is 32.8 Å². The van der Waals surface area contributed by atoms with Gasteiger partial charge in [0.25, 0.3) is 10.1 Å². The molecule has 12 heteroatoms. The molecule has 2 atom stereocenters. The van der Waals surface area contributed by atoms with Gasteiger partial charge in [-0.3, -0.25) is 10.5 Å². The highest BCUT2D eigenvalue weighted by atomic mass is 79.9. The van der Waals surface area contributed by atoms with Gasteiger partial charge in [-0.15, -0.1) is 0 Å². The Labute approximate surface area is 168 Å². The van der Waals surface area contributed by atoms with Gasteiger partial charge in [0, 0.05) is 5.56 Å². The standard InChI is InChI=1S/C15H15BrClFN2O6S/c1-24-14-8(17)5-4-7(12(14)18)9-6-10(20-26-27(3,22)23)11(16)13(19-9)15(21)25-2/h4-6,9,11,20H,1-3H3. The van der Waals surface area contributed by atoms with Gasteiger partial charge in [0.15, 0.2) is 11.6 Å². The second kappa shape index (κ2) is 8.55. The summed E-state index contributed by atoms with van der Waals surface area (Å²) in [6.07, 6.45) is 2.23. The number of halogens is 3. The fraction of sp³-hybridized carbons (Fsp3) is 0.333. The van der Waals surface area contributed by atoms with Gasteiger partial charge < -0.3 is 9.47 Å². The minimum absolute atomic E-state index is 0.0516. The predicted octanol–water partition coefficient (Wildman–Crippen LogP) is 2.28. The Morgan fingerprint density at radius 1 is 1.37 bits per heavy atom. The number of carbonyl (C=O) groups excluding carboxylic acids is 1. The first-order valence-corrected chi connectivity index (χ1v) is 10.4. The third-order valence-corrected chi connectivity index (χ3v) is 5.05. The van der Waals surface area contributed by atoms with Crippen molar-refractivity contribution in [1.29, 1.82) is 0 Å². The summed E-state index contributed by atoms with van der Waals surface area (Å²) >= 11 is 9.11. The molecule has 0 radical (unpaired) electrons. The monoisotopic (exact) mass is 484 g/mol. The number of dihydropyridines is 1. The van der Waals surface area contributed by atoms with E-state index >= 15 is 0 Å². The minimum Gasteiger partial charge on any atom is -0.492 e. The first-order valence-electron chi connectivity index (χ1n) is 7.27. The molecule has 8 nitrogen and oxygen atoms in total. The van der Waals surface area contributed by atoms with Crippen LogP contribution < -0.4 is 10.2 Å². The van der Waals surface area contributed by atoms with Crippen molar-refractivity contribution in [3.05, 3.63) is 40.3 Å². The molecule has 1 heterocycles. The highest BCUT2D eigenvalue weighted by Gasteiger charge is 2.33. The Kier molecular flexibility index (Phi) is 6.84. The molecule has 2 unspecified atom stereocenters. The van der Waals surface area contributed by atoms with Crippen LogP contribution in [0.5, 0.6) is 5.75 Å². The Morgan fingerprint density at radius 3 is 2.59 bits per heavy atom. The predicted molar refractivity (Wildman–Crippen MR) is 100 cm³/mol. The summed E-state index contributed by atoms with van der Waals surface area (Å²) in [6.45, 7) is 0. The van der Waals surface area contributed by atoms with E-state index in [4.69, 9.17) is 16.3 Å². The number of hydrogen-bond donors (Lipinski definition) is 1. The van der Waals surface area contributed by atoms with Crippen LogP contribution >= 0.6 is 27.5 Å². The van der Waals surface area contributed by atoms with E-state index in [0.29, 0.717) is 0 Å². The van der Waals surface area contributed by atoms with Crippen molar-refractivity contribution in [3.8, 4) is 5.75 Å². The maximum atomic E-state index is 14.7. The van der Waals surface area contributed by atoms with Gasteiger partial charge in [0.05, 0.1) is 37.2 Å². The third-order valence-electron chi connectivity index (χ3n) is 3.44. The first-order chi connectivity index (χ1) is 12.6. The van der Waals surface area contributed by atoms with Gasteiger partial charge in [-0.25, -0.2) is 9.18 Å². The molecule has 148 valence electrons. The molecule has 0 amide bonds. The van der Waals surface area contributed by atoms with Crippen LogP contribution in [0.1, 0.15) is 11.6 Å². The van der Waals surface area contributed by atoms with Gasteiger partial charge in [-0.1, -0.05) is 33.6 Å². The van der Waals surface area contributed by atoms with Crippen LogP contribution in [-0.4, -0.2) is 45.4 Å². The van der Waals surface area contributed by atoms with Crippen molar-refractivity contribution in [1.82, 2.24) is 5.48 Å². The molecule has 1 aliphatic heterocycles. The molecule has 0 saturated heterocycles. The van der Waals surface area contributed by atoms with Crippen molar-refractivity contribution in [3.63, 3.8) is 0 Å². The molecule has 2 rings (SSSR count). The lowest BCUT2D eigenvalue weighted by molar-refractivity contribution is -0.132. The average Bonchev–Trinajstić information content (AvgIpc) is 2.60. The number of esters is 1. The molecule has 0 saturated carbocycles. The third kappa shape index (κ3) is 4.98. The minimum atomic E-state index is -3.84. The number of nitrogens with one attached hydrogen (secondary N) is 1. The van der Waals surface area contributed by atoms with E-state index in [2.05, 4.69) is 35.4 Å². The number of allylic oxidation sites excluding steroid dienone is 1. The number of aliphatic imine (C=N–C) groups is 1. The van der Waals surface area contributed by atoms with E-state index in [9.17, 15) is 17.6 Å². The molecule has 0 aliphatic carbocycles. The summed E-state index contributed by atoms with van der Waals surface area (Å²) in [5.41, 5.74) is 2.30. The highest BCUT2D eigenvalue weighted by Crippen LogP contribution is 2.36. The fourth-order valence-corrected chi connectivity index (χ4v) is 3.27. The zero-order valence-corrected chi connectivity index (χ0v) is 17.5. The number of methoxy groups -OCH3 is 2. The number of carbonyl (C=O) groups is 1. The second-order valence-electron chi connectivity index (χ2n) is 5.31. The van der Waals surface area contributed by atoms with Gasteiger partial charge in [0.1, 0.15) is 10.5 Å². The smallest absolute Gasteiger partial charge is 0.353 e. The Balaban J connectivity index is 2.53. The van der Waals surface area contributed by atoms with Gasteiger partial charge >= 0.3 is 5.97 Å². The van der Waals surface area contributed by atoms with Crippen molar-refractivity contribution in [2.45, 2.75) is 10.9 Å². The van der Waals surface area contributed by atoms with Crippen molar-refractivity contribution < 1.29 is 31.4 Å². The van der Waals surface area contributed by atoms with Crippen LogP contribution in [0, 0.1) is 5.82 Å². The van der Waals surface area contributed by atoms with Crippen molar-refractivity contribution in [2.24, 2.45) is 4.99 Å². The molecular weight excluding hydrogens is 471 g/mol. The zero-order valence-electron chi connectivity index (χ0n) is 14.3. The summed E-state index contributed by atoms with van der Waals surface area (Å²) in [6, 6.07) is 1.80. The van der Waals surface area contributed by atoms with Crippen molar-refractivity contribution >= 4 is 49.3 Å². The number of hydrogen-bond acceptors (Lipinski definition) is 8. The Morgan fingerprint density at radius 2 is 2.04 bits per heavy atom. The molecule has 0 fully saturated rings. The van der Waals surface area contributed by atoms with E-state index in [1.807, 2.05) is 0 Å². The topological polar surface area (TPSA) is 103 Å². The Bertz CT molecular complexity index is 921. The molecule has 1 aromatic carbocycles. The van der Waals surface area contributed by atoms with Crippen LogP contribution in [0.4, 0.5) is 4.39 Å². The molecule has 1 aromatic rings. The average molecular weight is 486 g/mol. The number of alkyl halides is 1. The largest absolute Gasteiger partial charge is 0.492 e. The summed E-state index contributed by atoms with van der Waals surface area (Å²) < 4.78 is 51.4. The number of rotatable bonds is 6. The van der Waals surface area contributed by atoms with Crippen LogP contribution in [0.2, 0.25) is 5.02 Å². The van der Waals surface area contributed by atoms with Gasteiger partial charge in [-0.05, 0) is 12.1 Å². The first kappa shape index (κ1) is 21.6. The maximum Gasteiger partial charge on any atom is 0.353 e. The Hall–Kier alpha value is -1.69. The fourth-order valence-electron chi connectivity index (χ4n) is 2.25. The molecule has 27 heavy (non-hydrogen) atoms. The van der Waals surface area contributed by atoms with E-state index in [-0.39, 0.29) is 27.7 Å². The molecular formula is C15H15BrClFN2O6S. The lowest BCUT2D eigenvalue weighted by atomic mass is 10.00. The van der Waals surface area contributed by atoms with Crippen LogP contribution in [0.25, 0.3) is 0 Å². The quantitative estimate of drug-likeness (QED) is 0.374.